The van der Waals surface area contributed by atoms with Gasteiger partial charge in [-0.05, 0) is 61.6 Å². The Bertz CT molecular complexity index is 1220. The number of para-hydroxylation sites is 1. The lowest BCUT2D eigenvalue weighted by Crippen LogP contribution is -2.53. The van der Waals surface area contributed by atoms with Crippen molar-refractivity contribution in [3.8, 4) is 0 Å². The van der Waals surface area contributed by atoms with Crippen LogP contribution in [0.1, 0.15) is 87.4 Å². The van der Waals surface area contributed by atoms with Crippen LogP contribution in [-0.2, 0) is 16.0 Å². The first-order valence-corrected chi connectivity index (χ1v) is 14.9. The van der Waals surface area contributed by atoms with E-state index in [1.54, 1.807) is 11.3 Å². The van der Waals surface area contributed by atoms with Gasteiger partial charge >= 0.3 is 0 Å². The van der Waals surface area contributed by atoms with Gasteiger partial charge in [-0.3, -0.25) is 9.59 Å². The van der Waals surface area contributed by atoms with Gasteiger partial charge in [-0.2, -0.15) is 0 Å². The number of carbonyl (C=O) groups is 2. The zero-order valence-electron chi connectivity index (χ0n) is 22.1. The fraction of sp³-hybridized carbons (Fsp3) is 0.516. The van der Waals surface area contributed by atoms with E-state index in [0.717, 1.165) is 68.4 Å². The monoisotopic (exact) mass is 517 g/mol. The fourth-order valence-electron chi connectivity index (χ4n) is 5.92. The average Bonchev–Trinajstić information content (AvgIpc) is 3.60. The molecule has 1 saturated carbocycles. The fourth-order valence-corrected chi connectivity index (χ4v) is 7.08. The number of carbonyl (C=O) groups excluding carboxylic acids is 2. The van der Waals surface area contributed by atoms with Gasteiger partial charge in [0.15, 0.2) is 0 Å². The molecular weight excluding hydrogens is 478 g/mol. The van der Waals surface area contributed by atoms with Crippen molar-refractivity contribution in [3.05, 3.63) is 64.7 Å². The van der Waals surface area contributed by atoms with Crippen LogP contribution in [-0.4, -0.2) is 34.3 Å². The number of likely N-dealkylation sites (tertiary alicyclic amines) is 1. The Kier molecular flexibility index (Phi) is 8.23. The molecule has 2 heterocycles. The summed E-state index contributed by atoms with van der Waals surface area (Å²) in [6.45, 7) is 4.71. The molecule has 2 aliphatic rings. The molecule has 3 atom stereocenters. The largest absolute Gasteiger partial charge is 0.344 e. The topological polar surface area (TPSA) is 62.3 Å². The van der Waals surface area contributed by atoms with Gasteiger partial charge < -0.3 is 10.2 Å². The van der Waals surface area contributed by atoms with Crippen molar-refractivity contribution < 1.29 is 9.59 Å². The van der Waals surface area contributed by atoms with Crippen LogP contribution >= 0.6 is 11.3 Å². The molecular formula is C31H39N3O2S. The number of benzene rings is 2. The minimum Gasteiger partial charge on any atom is -0.344 e. The lowest BCUT2D eigenvalue weighted by molar-refractivity contribution is -0.140. The molecule has 0 spiro atoms. The smallest absolute Gasteiger partial charge is 0.246 e. The van der Waals surface area contributed by atoms with Gasteiger partial charge in [-0.1, -0.05) is 75.6 Å². The van der Waals surface area contributed by atoms with Crippen molar-refractivity contribution in [2.24, 2.45) is 11.8 Å². The maximum atomic E-state index is 14.1. The Balaban J connectivity index is 1.40. The Morgan fingerprint density at radius 1 is 1.03 bits per heavy atom. The first-order valence-electron chi connectivity index (χ1n) is 14.1. The van der Waals surface area contributed by atoms with Crippen molar-refractivity contribution in [1.82, 2.24) is 15.2 Å². The van der Waals surface area contributed by atoms with E-state index in [1.807, 2.05) is 24.8 Å². The van der Waals surface area contributed by atoms with E-state index in [-0.39, 0.29) is 29.7 Å². The molecule has 5 nitrogen and oxygen atoms in total. The van der Waals surface area contributed by atoms with Crippen LogP contribution in [0.4, 0.5) is 0 Å². The Hall–Kier alpha value is -2.73. The van der Waals surface area contributed by atoms with Gasteiger partial charge in [0.05, 0.1) is 16.3 Å². The summed E-state index contributed by atoms with van der Waals surface area (Å²) < 4.78 is 1.18. The van der Waals surface area contributed by atoms with Crippen LogP contribution in [0, 0.1) is 11.8 Å². The summed E-state index contributed by atoms with van der Waals surface area (Å²) in [5.41, 5.74) is 3.55. The zero-order valence-corrected chi connectivity index (χ0v) is 22.9. The van der Waals surface area contributed by atoms with Crippen molar-refractivity contribution in [2.45, 2.75) is 83.7 Å². The van der Waals surface area contributed by atoms with E-state index in [9.17, 15) is 9.59 Å². The quantitative estimate of drug-likeness (QED) is 0.363. The molecule has 2 amide bonds. The molecule has 1 aliphatic carbocycles. The van der Waals surface area contributed by atoms with Crippen molar-refractivity contribution >= 4 is 33.4 Å². The van der Waals surface area contributed by atoms with Crippen molar-refractivity contribution in [3.63, 3.8) is 0 Å². The standard InChI is InChI=1S/C31H39N3O2S/c1-3-21(2)29(35)32-28(23-14-8-5-9-15-23)31(36)34-19-11-17-25(34)30-33-27-24(16-10-18-26(27)37-30)20-22-12-6-4-7-13-22/h4,6-7,10,12-13,16,18,21,23,25,28H,3,5,8-9,11,14-15,17,19-20H2,1-2H3,(H,32,35)/t21-,25+,28+/m1/s1. The maximum absolute atomic E-state index is 14.1. The molecule has 0 radical (unpaired) electrons. The van der Waals surface area contributed by atoms with E-state index in [4.69, 9.17) is 4.98 Å². The van der Waals surface area contributed by atoms with Crippen LogP contribution in [0.3, 0.4) is 0 Å². The second-order valence-electron chi connectivity index (χ2n) is 10.9. The molecule has 6 heteroatoms. The minimum absolute atomic E-state index is 0.00714. The normalized spacial score (nSPS) is 20.2. The van der Waals surface area contributed by atoms with E-state index < -0.39 is 6.04 Å². The SMILES string of the molecule is CC[C@@H](C)C(=O)N[C@H](C(=O)N1CCC[C@H]1c1nc2c(Cc3ccccc3)cccc2s1)C1CCCCC1. The van der Waals surface area contributed by atoms with Crippen LogP contribution in [0.5, 0.6) is 0 Å². The van der Waals surface area contributed by atoms with Crippen LogP contribution in [0.15, 0.2) is 48.5 Å². The summed E-state index contributed by atoms with van der Waals surface area (Å²) in [6.07, 6.45) is 9.05. The summed E-state index contributed by atoms with van der Waals surface area (Å²) in [6, 6.07) is 16.5. The summed E-state index contributed by atoms with van der Waals surface area (Å²) in [5, 5.41) is 4.23. The molecule has 5 rings (SSSR count). The van der Waals surface area contributed by atoms with Crippen molar-refractivity contribution in [2.75, 3.05) is 6.54 Å². The van der Waals surface area contributed by atoms with Gasteiger partial charge in [0.2, 0.25) is 11.8 Å². The molecule has 0 bridgehead atoms. The third kappa shape index (κ3) is 5.74. The summed E-state index contributed by atoms with van der Waals surface area (Å²) >= 11 is 1.72. The number of thiazole rings is 1. The van der Waals surface area contributed by atoms with Crippen molar-refractivity contribution in [1.29, 1.82) is 0 Å². The highest BCUT2D eigenvalue weighted by atomic mass is 32.1. The van der Waals surface area contributed by atoms with E-state index in [1.165, 1.54) is 22.2 Å². The van der Waals surface area contributed by atoms with Gasteiger partial charge in [0.25, 0.3) is 0 Å². The molecule has 1 aromatic heterocycles. The highest BCUT2D eigenvalue weighted by molar-refractivity contribution is 7.18. The van der Waals surface area contributed by atoms with E-state index in [0.29, 0.717) is 0 Å². The first kappa shape index (κ1) is 25.9. The lowest BCUT2D eigenvalue weighted by Gasteiger charge is -2.35. The van der Waals surface area contributed by atoms with E-state index >= 15 is 0 Å². The molecule has 1 N–H and O–H groups in total. The second-order valence-corrected chi connectivity index (χ2v) is 11.9. The molecule has 1 saturated heterocycles. The van der Waals surface area contributed by atoms with E-state index in [2.05, 4.69) is 47.8 Å². The molecule has 0 unspecified atom stereocenters. The number of nitrogens with zero attached hydrogens (tertiary/aromatic N) is 2. The molecule has 2 aromatic carbocycles. The molecule has 2 fully saturated rings. The van der Waals surface area contributed by atoms with Crippen LogP contribution in [0.2, 0.25) is 0 Å². The number of amides is 2. The summed E-state index contributed by atoms with van der Waals surface area (Å²) in [4.78, 5) is 34.2. The molecule has 1 aliphatic heterocycles. The number of aromatic nitrogens is 1. The Labute approximate surface area is 224 Å². The minimum atomic E-state index is -0.426. The maximum Gasteiger partial charge on any atom is 0.246 e. The molecule has 196 valence electrons. The predicted octanol–water partition coefficient (Wildman–Crippen LogP) is 6.66. The molecule has 37 heavy (non-hydrogen) atoms. The van der Waals surface area contributed by atoms with Gasteiger partial charge in [0.1, 0.15) is 11.0 Å². The number of rotatable bonds is 8. The number of hydrogen-bond acceptors (Lipinski definition) is 4. The zero-order chi connectivity index (χ0) is 25.8. The highest BCUT2D eigenvalue weighted by Gasteiger charge is 2.40. The highest BCUT2D eigenvalue weighted by Crippen LogP contribution is 2.39. The van der Waals surface area contributed by atoms with Gasteiger partial charge in [0, 0.05) is 12.5 Å². The predicted molar refractivity (Wildman–Crippen MR) is 151 cm³/mol. The lowest BCUT2D eigenvalue weighted by atomic mass is 9.83. The number of nitrogens with one attached hydrogen (secondary N) is 1. The number of fused-ring (bicyclic) bond motifs is 1. The number of hydrogen-bond donors (Lipinski definition) is 1. The second kappa shape index (κ2) is 11.8. The summed E-state index contributed by atoms with van der Waals surface area (Å²) in [5.74, 6) is 0.242. The third-order valence-corrected chi connectivity index (χ3v) is 9.44. The Morgan fingerprint density at radius 3 is 2.57 bits per heavy atom. The van der Waals surface area contributed by atoms with Crippen LogP contribution < -0.4 is 5.32 Å². The third-order valence-electron chi connectivity index (χ3n) is 8.32. The molecule has 3 aromatic rings. The van der Waals surface area contributed by atoms with Gasteiger partial charge in [-0.15, -0.1) is 11.3 Å². The summed E-state index contributed by atoms with van der Waals surface area (Å²) in [7, 11) is 0. The first-order chi connectivity index (χ1) is 18.0. The van der Waals surface area contributed by atoms with Gasteiger partial charge in [-0.25, -0.2) is 4.98 Å². The van der Waals surface area contributed by atoms with Crippen LogP contribution in [0.25, 0.3) is 10.2 Å². The average molecular weight is 518 g/mol. The Morgan fingerprint density at radius 2 is 1.81 bits per heavy atom.